The van der Waals surface area contributed by atoms with Crippen LogP contribution in [0.1, 0.15) is 29.8 Å². The quantitative estimate of drug-likeness (QED) is 0.448. The lowest BCUT2D eigenvalue weighted by Gasteiger charge is -2.15. The molecular formula is C24H28FN5O2S. The third-order valence-corrected chi connectivity index (χ3v) is 6.59. The van der Waals surface area contributed by atoms with E-state index < -0.39 is 0 Å². The molecule has 1 aliphatic rings. The van der Waals surface area contributed by atoms with E-state index in [2.05, 4.69) is 20.8 Å². The third-order valence-electron chi connectivity index (χ3n) is 5.62. The number of nitrogens with one attached hydrogen (secondary N) is 2. The molecule has 3 aromatic rings. The summed E-state index contributed by atoms with van der Waals surface area (Å²) < 4.78 is 21.0. The number of carbonyl (C=O) groups excluding carboxylic acids is 1. The molecule has 174 valence electrons. The highest BCUT2D eigenvalue weighted by Gasteiger charge is 2.21. The van der Waals surface area contributed by atoms with Crippen molar-refractivity contribution in [1.29, 1.82) is 0 Å². The zero-order valence-electron chi connectivity index (χ0n) is 18.8. The SMILES string of the molecule is Cc1ccc(NC(=O)CSc2nnc(CNc3ccc(F)cc3)n2C[C@H]2CCCO2)cc1C. The summed E-state index contributed by atoms with van der Waals surface area (Å²) in [5.41, 5.74) is 3.90. The zero-order chi connectivity index (χ0) is 23.2. The van der Waals surface area contributed by atoms with Crippen molar-refractivity contribution in [3.63, 3.8) is 0 Å². The molecule has 1 atom stereocenters. The molecule has 33 heavy (non-hydrogen) atoms. The number of nitrogens with zero attached hydrogens (tertiary/aromatic N) is 3. The van der Waals surface area contributed by atoms with E-state index in [9.17, 15) is 9.18 Å². The van der Waals surface area contributed by atoms with Gasteiger partial charge in [0.1, 0.15) is 5.82 Å². The van der Waals surface area contributed by atoms with Gasteiger partial charge in [0, 0.05) is 18.0 Å². The van der Waals surface area contributed by atoms with Gasteiger partial charge in [0.05, 0.1) is 24.9 Å². The van der Waals surface area contributed by atoms with E-state index in [1.54, 1.807) is 12.1 Å². The molecule has 1 fully saturated rings. The second-order valence-electron chi connectivity index (χ2n) is 8.14. The van der Waals surface area contributed by atoms with Crippen LogP contribution in [-0.4, -0.2) is 39.1 Å². The summed E-state index contributed by atoms with van der Waals surface area (Å²) in [6.07, 6.45) is 2.13. The highest BCUT2D eigenvalue weighted by atomic mass is 32.2. The van der Waals surface area contributed by atoms with Crippen molar-refractivity contribution in [2.75, 3.05) is 23.0 Å². The summed E-state index contributed by atoms with van der Waals surface area (Å²) in [4.78, 5) is 12.5. The van der Waals surface area contributed by atoms with Crippen molar-refractivity contribution in [1.82, 2.24) is 14.8 Å². The maximum atomic E-state index is 13.2. The Morgan fingerprint density at radius 3 is 2.67 bits per heavy atom. The minimum absolute atomic E-state index is 0.0964. The van der Waals surface area contributed by atoms with E-state index >= 15 is 0 Å². The van der Waals surface area contributed by atoms with Crippen molar-refractivity contribution < 1.29 is 13.9 Å². The Kier molecular flexibility index (Phi) is 7.61. The Morgan fingerprint density at radius 2 is 1.94 bits per heavy atom. The molecular weight excluding hydrogens is 441 g/mol. The lowest BCUT2D eigenvalue weighted by atomic mass is 10.1. The number of aryl methyl sites for hydroxylation is 2. The van der Waals surface area contributed by atoms with E-state index in [0.29, 0.717) is 18.2 Å². The van der Waals surface area contributed by atoms with E-state index in [-0.39, 0.29) is 23.6 Å². The summed E-state index contributed by atoms with van der Waals surface area (Å²) in [6.45, 7) is 5.89. The molecule has 1 aromatic heterocycles. The molecule has 1 aliphatic heterocycles. The first-order valence-corrected chi connectivity index (χ1v) is 12.0. The topological polar surface area (TPSA) is 81.1 Å². The van der Waals surface area contributed by atoms with Crippen molar-refractivity contribution >= 4 is 29.0 Å². The number of hydrogen-bond acceptors (Lipinski definition) is 6. The molecule has 0 saturated carbocycles. The van der Waals surface area contributed by atoms with Crippen LogP contribution in [0.3, 0.4) is 0 Å². The summed E-state index contributed by atoms with van der Waals surface area (Å²) in [7, 11) is 0. The number of rotatable bonds is 9. The first-order valence-electron chi connectivity index (χ1n) is 11.0. The monoisotopic (exact) mass is 469 g/mol. The fourth-order valence-corrected chi connectivity index (χ4v) is 4.39. The fraction of sp³-hybridized carbons (Fsp3) is 0.375. The molecule has 2 heterocycles. The Balaban J connectivity index is 1.41. The van der Waals surface area contributed by atoms with Gasteiger partial charge >= 0.3 is 0 Å². The van der Waals surface area contributed by atoms with Gasteiger partial charge in [-0.15, -0.1) is 10.2 Å². The van der Waals surface area contributed by atoms with Crippen molar-refractivity contribution in [2.24, 2.45) is 0 Å². The van der Waals surface area contributed by atoms with Crippen molar-refractivity contribution in [2.45, 2.75) is 51.0 Å². The van der Waals surface area contributed by atoms with Crippen LogP contribution in [0.25, 0.3) is 0 Å². The maximum Gasteiger partial charge on any atom is 0.234 e. The minimum atomic E-state index is -0.278. The second-order valence-corrected chi connectivity index (χ2v) is 9.08. The predicted octanol–water partition coefficient (Wildman–Crippen LogP) is 4.56. The molecule has 9 heteroatoms. The molecule has 0 spiro atoms. The molecule has 1 amide bonds. The molecule has 0 bridgehead atoms. The molecule has 4 rings (SSSR count). The Bertz CT molecular complexity index is 1100. The molecule has 2 aromatic carbocycles. The van der Waals surface area contributed by atoms with Gasteiger partial charge < -0.3 is 19.9 Å². The van der Waals surface area contributed by atoms with Crippen LogP contribution in [0, 0.1) is 19.7 Å². The molecule has 2 N–H and O–H groups in total. The Hall–Kier alpha value is -2.91. The number of thioether (sulfide) groups is 1. The second kappa shape index (κ2) is 10.8. The highest BCUT2D eigenvalue weighted by Crippen LogP contribution is 2.23. The third kappa shape index (κ3) is 6.33. The van der Waals surface area contributed by atoms with E-state index in [4.69, 9.17) is 4.74 Å². The number of hydrogen-bond donors (Lipinski definition) is 2. The van der Waals surface area contributed by atoms with Crippen LogP contribution in [-0.2, 0) is 22.6 Å². The van der Waals surface area contributed by atoms with Gasteiger partial charge in [-0.1, -0.05) is 17.8 Å². The largest absolute Gasteiger partial charge is 0.378 e. The molecule has 1 saturated heterocycles. The average molecular weight is 470 g/mol. The number of benzene rings is 2. The van der Waals surface area contributed by atoms with Crippen LogP contribution in [0.5, 0.6) is 0 Å². The number of carbonyl (C=O) groups is 1. The van der Waals surface area contributed by atoms with Gasteiger partial charge in [0.2, 0.25) is 5.91 Å². The smallest absolute Gasteiger partial charge is 0.234 e. The van der Waals surface area contributed by atoms with E-state index in [1.165, 1.54) is 29.5 Å². The summed E-state index contributed by atoms with van der Waals surface area (Å²) >= 11 is 1.35. The van der Waals surface area contributed by atoms with Crippen LogP contribution >= 0.6 is 11.8 Å². The Morgan fingerprint density at radius 1 is 1.15 bits per heavy atom. The minimum Gasteiger partial charge on any atom is -0.378 e. The average Bonchev–Trinajstić information content (AvgIpc) is 3.45. The van der Waals surface area contributed by atoms with Crippen LogP contribution in [0.4, 0.5) is 15.8 Å². The lowest BCUT2D eigenvalue weighted by molar-refractivity contribution is -0.113. The first-order chi connectivity index (χ1) is 16.0. The molecule has 0 radical (unpaired) electrons. The van der Waals surface area contributed by atoms with E-state index in [1.807, 2.05) is 36.6 Å². The Labute approximate surface area is 197 Å². The molecule has 0 aliphatic carbocycles. The highest BCUT2D eigenvalue weighted by molar-refractivity contribution is 7.99. The van der Waals surface area contributed by atoms with Gasteiger partial charge in [-0.25, -0.2) is 4.39 Å². The summed E-state index contributed by atoms with van der Waals surface area (Å²) in [5.74, 6) is 0.592. The number of ether oxygens (including phenoxy) is 1. The van der Waals surface area contributed by atoms with Crippen LogP contribution in [0.2, 0.25) is 0 Å². The number of aromatic nitrogens is 3. The first kappa shape index (κ1) is 23.3. The van der Waals surface area contributed by atoms with Gasteiger partial charge in [0.15, 0.2) is 11.0 Å². The lowest BCUT2D eigenvalue weighted by Crippen LogP contribution is -2.20. The predicted molar refractivity (Wildman–Crippen MR) is 128 cm³/mol. The number of halogens is 1. The fourth-order valence-electron chi connectivity index (χ4n) is 3.63. The van der Waals surface area contributed by atoms with Gasteiger partial charge in [-0.05, 0) is 74.2 Å². The maximum absolute atomic E-state index is 13.2. The van der Waals surface area contributed by atoms with Crippen molar-refractivity contribution in [3.05, 3.63) is 65.2 Å². The summed E-state index contributed by atoms with van der Waals surface area (Å²) in [5, 5.41) is 15.6. The van der Waals surface area contributed by atoms with Gasteiger partial charge in [-0.3, -0.25) is 4.79 Å². The van der Waals surface area contributed by atoms with Gasteiger partial charge in [0.25, 0.3) is 0 Å². The van der Waals surface area contributed by atoms with Crippen LogP contribution < -0.4 is 10.6 Å². The van der Waals surface area contributed by atoms with Crippen LogP contribution in [0.15, 0.2) is 47.6 Å². The standard InChI is InChI=1S/C24H28FN5O2S/c1-16-5-8-20(12-17(16)2)27-23(31)15-33-24-29-28-22(30(24)14-21-4-3-11-32-21)13-26-19-9-6-18(25)7-10-19/h5-10,12,21,26H,3-4,11,13-15H2,1-2H3,(H,27,31)/t21-/m1/s1. The molecule has 7 nitrogen and oxygen atoms in total. The van der Waals surface area contributed by atoms with E-state index in [0.717, 1.165) is 42.2 Å². The zero-order valence-corrected chi connectivity index (χ0v) is 19.6. The van der Waals surface area contributed by atoms with Crippen molar-refractivity contribution in [3.8, 4) is 0 Å². The molecule has 0 unspecified atom stereocenters. The summed E-state index contributed by atoms with van der Waals surface area (Å²) in [6, 6.07) is 12.1. The van der Waals surface area contributed by atoms with Gasteiger partial charge in [-0.2, -0.15) is 0 Å². The normalized spacial score (nSPS) is 15.5. The number of anilines is 2. The number of amides is 1.